The monoisotopic (exact) mass is 193 g/mol. The van der Waals surface area contributed by atoms with E-state index in [2.05, 4.69) is 30.1 Å². The summed E-state index contributed by atoms with van der Waals surface area (Å²) < 4.78 is 1.32. The third-order valence-electron chi connectivity index (χ3n) is 1.72. The van der Waals surface area contributed by atoms with Crippen LogP contribution in [-0.4, -0.2) is 4.98 Å². The van der Waals surface area contributed by atoms with Crippen LogP contribution in [0.2, 0.25) is 0 Å². The lowest BCUT2D eigenvalue weighted by atomic mass is 10.2. The van der Waals surface area contributed by atoms with Gasteiger partial charge in [0.25, 0.3) is 0 Å². The van der Waals surface area contributed by atoms with Crippen LogP contribution >= 0.6 is 11.3 Å². The van der Waals surface area contributed by atoms with Gasteiger partial charge in [0.05, 0.1) is 15.2 Å². The van der Waals surface area contributed by atoms with Gasteiger partial charge < -0.3 is 0 Å². The second kappa shape index (κ2) is 4.38. The minimum Gasteiger partial charge on any atom is -0.242 e. The van der Waals surface area contributed by atoms with Gasteiger partial charge in [0.15, 0.2) is 0 Å². The number of thiazole rings is 1. The average Bonchev–Trinajstić information content (AvgIpc) is 2.51. The summed E-state index contributed by atoms with van der Waals surface area (Å²) in [6.07, 6.45) is 0. The van der Waals surface area contributed by atoms with Crippen LogP contribution in [0.25, 0.3) is 10.2 Å². The normalized spacial score (nSPS) is 9.54. The summed E-state index contributed by atoms with van der Waals surface area (Å²) in [6, 6.07) is 6.24. The summed E-state index contributed by atoms with van der Waals surface area (Å²) in [5.41, 5.74) is 2.46. The molecule has 1 aromatic heterocycles. The van der Waals surface area contributed by atoms with Crippen molar-refractivity contribution in [2.45, 2.75) is 27.7 Å². The molecule has 2 aromatic rings. The minimum atomic E-state index is 1.13. The van der Waals surface area contributed by atoms with E-state index in [1.165, 1.54) is 10.3 Å². The average molecular weight is 193 g/mol. The van der Waals surface area contributed by atoms with Crippen molar-refractivity contribution in [3.05, 3.63) is 28.8 Å². The summed E-state index contributed by atoms with van der Waals surface area (Å²) >= 11 is 1.77. The van der Waals surface area contributed by atoms with E-state index in [4.69, 9.17) is 0 Å². The molecule has 1 heterocycles. The van der Waals surface area contributed by atoms with Crippen LogP contribution in [-0.2, 0) is 0 Å². The van der Waals surface area contributed by atoms with Crippen LogP contribution in [0.3, 0.4) is 0 Å². The Morgan fingerprint density at radius 1 is 1.15 bits per heavy atom. The van der Waals surface area contributed by atoms with Gasteiger partial charge in [0.2, 0.25) is 0 Å². The SMILES string of the molecule is CC.Cc1nc2cccc(C)c2s1. The van der Waals surface area contributed by atoms with Crippen molar-refractivity contribution in [3.63, 3.8) is 0 Å². The predicted octanol–water partition coefficient (Wildman–Crippen LogP) is 3.94. The van der Waals surface area contributed by atoms with Crippen molar-refractivity contribution in [3.8, 4) is 0 Å². The summed E-state index contributed by atoms with van der Waals surface area (Å²) in [5, 5.41) is 1.15. The Morgan fingerprint density at radius 2 is 1.85 bits per heavy atom. The van der Waals surface area contributed by atoms with E-state index in [0.29, 0.717) is 0 Å². The Morgan fingerprint density at radius 3 is 2.46 bits per heavy atom. The van der Waals surface area contributed by atoms with E-state index in [1.54, 1.807) is 11.3 Å². The Bertz CT molecular complexity index is 390. The lowest BCUT2D eigenvalue weighted by Crippen LogP contribution is -1.71. The molecule has 0 fully saturated rings. The molecule has 1 aromatic carbocycles. The van der Waals surface area contributed by atoms with Crippen molar-refractivity contribution in [1.82, 2.24) is 4.98 Å². The molecule has 0 aliphatic rings. The first kappa shape index (κ1) is 10.2. The molecular formula is C11H15NS. The van der Waals surface area contributed by atoms with E-state index in [9.17, 15) is 0 Å². The number of aromatic nitrogens is 1. The molecule has 0 unspecified atom stereocenters. The number of aryl methyl sites for hydroxylation is 2. The third-order valence-corrected chi connectivity index (χ3v) is 2.84. The lowest BCUT2D eigenvalue weighted by molar-refractivity contribution is 1.34. The van der Waals surface area contributed by atoms with Gasteiger partial charge in [0.1, 0.15) is 0 Å². The fourth-order valence-corrected chi connectivity index (χ4v) is 2.08. The molecule has 0 bridgehead atoms. The van der Waals surface area contributed by atoms with E-state index in [-0.39, 0.29) is 0 Å². The fraction of sp³-hybridized carbons (Fsp3) is 0.364. The van der Waals surface area contributed by atoms with Gasteiger partial charge in [-0.25, -0.2) is 4.98 Å². The van der Waals surface area contributed by atoms with Gasteiger partial charge in [0, 0.05) is 0 Å². The Hall–Kier alpha value is -0.890. The van der Waals surface area contributed by atoms with Crippen LogP contribution < -0.4 is 0 Å². The Kier molecular flexibility index (Phi) is 3.43. The number of nitrogens with zero attached hydrogens (tertiary/aromatic N) is 1. The van der Waals surface area contributed by atoms with Crippen molar-refractivity contribution >= 4 is 21.6 Å². The van der Waals surface area contributed by atoms with E-state index >= 15 is 0 Å². The molecule has 0 spiro atoms. The number of hydrogen-bond acceptors (Lipinski definition) is 2. The third kappa shape index (κ3) is 2.07. The lowest BCUT2D eigenvalue weighted by Gasteiger charge is -1.90. The Balaban J connectivity index is 0.000000396. The van der Waals surface area contributed by atoms with Gasteiger partial charge in [-0.15, -0.1) is 11.3 Å². The molecule has 0 saturated carbocycles. The minimum absolute atomic E-state index is 1.13. The second-order valence-corrected chi connectivity index (χ2v) is 3.86. The van der Waals surface area contributed by atoms with Crippen molar-refractivity contribution in [2.24, 2.45) is 0 Å². The zero-order valence-electron chi connectivity index (χ0n) is 8.59. The topological polar surface area (TPSA) is 12.9 Å². The largest absolute Gasteiger partial charge is 0.242 e. The summed E-state index contributed by atoms with van der Waals surface area (Å²) in [6.45, 7) is 8.17. The van der Waals surface area contributed by atoms with Crippen molar-refractivity contribution < 1.29 is 0 Å². The van der Waals surface area contributed by atoms with Gasteiger partial charge in [-0.1, -0.05) is 26.0 Å². The van der Waals surface area contributed by atoms with E-state index in [1.807, 2.05) is 20.8 Å². The first-order chi connectivity index (χ1) is 6.27. The van der Waals surface area contributed by atoms with Gasteiger partial charge in [-0.3, -0.25) is 0 Å². The maximum absolute atomic E-state index is 4.39. The second-order valence-electron chi connectivity index (χ2n) is 2.66. The highest BCUT2D eigenvalue weighted by Crippen LogP contribution is 2.24. The highest BCUT2D eigenvalue weighted by Gasteiger charge is 2.00. The van der Waals surface area contributed by atoms with Crippen molar-refractivity contribution in [1.29, 1.82) is 0 Å². The molecule has 0 N–H and O–H groups in total. The number of fused-ring (bicyclic) bond motifs is 1. The van der Waals surface area contributed by atoms with Gasteiger partial charge in [-0.2, -0.15) is 0 Å². The first-order valence-corrected chi connectivity index (χ1v) is 5.42. The zero-order valence-corrected chi connectivity index (χ0v) is 9.40. The molecular weight excluding hydrogens is 178 g/mol. The first-order valence-electron chi connectivity index (χ1n) is 4.60. The quantitative estimate of drug-likeness (QED) is 0.617. The van der Waals surface area contributed by atoms with E-state index in [0.717, 1.165) is 10.5 Å². The molecule has 0 atom stereocenters. The predicted molar refractivity (Wildman–Crippen MR) is 60.4 cm³/mol. The molecule has 1 nitrogen and oxygen atoms in total. The van der Waals surface area contributed by atoms with Gasteiger partial charge >= 0.3 is 0 Å². The number of benzene rings is 1. The molecule has 70 valence electrons. The summed E-state index contributed by atoms with van der Waals surface area (Å²) in [4.78, 5) is 4.39. The van der Waals surface area contributed by atoms with Crippen LogP contribution in [0.15, 0.2) is 18.2 Å². The molecule has 0 aliphatic carbocycles. The van der Waals surface area contributed by atoms with E-state index < -0.39 is 0 Å². The molecule has 13 heavy (non-hydrogen) atoms. The maximum atomic E-state index is 4.39. The van der Waals surface area contributed by atoms with Gasteiger partial charge in [-0.05, 0) is 25.5 Å². The van der Waals surface area contributed by atoms with Crippen LogP contribution in [0.1, 0.15) is 24.4 Å². The van der Waals surface area contributed by atoms with Crippen molar-refractivity contribution in [2.75, 3.05) is 0 Å². The molecule has 2 rings (SSSR count). The van der Waals surface area contributed by atoms with Crippen LogP contribution in [0.4, 0.5) is 0 Å². The summed E-state index contributed by atoms with van der Waals surface area (Å²) in [7, 11) is 0. The molecule has 0 amide bonds. The fourth-order valence-electron chi connectivity index (χ4n) is 1.20. The molecule has 0 radical (unpaired) electrons. The maximum Gasteiger partial charge on any atom is 0.0907 e. The molecule has 0 saturated heterocycles. The molecule has 2 heteroatoms. The Labute approximate surface area is 83.4 Å². The molecule has 0 aliphatic heterocycles. The van der Waals surface area contributed by atoms with Crippen LogP contribution in [0, 0.1) is 13.8 Å². The zero-order chi connectivity index (χ0) is 9.84. The number of hydrogen-bond donors (Lipinski definition) is 0. The van der Waals surface area contributed by atoms with Crippen LogP contribution in [0.5, 0.6) is 0 Å². The number of rotatable bonds is 0. The smallest absolute Gasteiger partial charge is 0.0907 e. The summed E-state index contributed by atoms with van der Waals surface area (Å²) in [5.74, 6) is 0. The standard InChI is InChI=1S/C9H9NS.C2H6/c1-6-4-3-5-8-9(6)11-7(2)10-8;1-2/h3-5H,1-2H3;1-2H3. The highest BCUT2D eigenvalue weighted by atomic mass is 32.1. The highest BCUT2D eigenvalue weighted by molar-refractivity contribution is 7.18.